The summed E-state index contributed by atoms with van der Waals surface area (Å²) in [5, 5.41) is 8.57. The summed E-state index contributed by atoms with van der Waals surface area (Å²) >= 11 is 0. The third-order valence-electron chi connectivity index (χ3n) is 2.81. The Morgan fingerprint density at radius 2 is 1.94 bits per heavy atom. The monoisotopic (exact) mass is 231 g/mol. The van der Waals surface area contributed by atoms with Gasteiger partial charge in [0.05, 0.1) is 0 Å². The smallest absolute Gasteiger partial charge is 0.303 e. The SMILES string of the molecule is C=C1c2ccccc2C(=O)N1CCCC(=O)O. The molecule has 1 aromatic carbocycles. The molecule has 0 saturated carbocycles. The van der Waals surface area contributed by atoms with Gasteiger partial charge in [0.15, 0.2) is 0 Å². The van der Waals surface area contributed by atoms with Gasteiger partial charge < -0.3 is 10.0 Å². The second-order valence-corrected chi connectivity index (χ2v) is 3.95. The molecular weight excluding hydrogens is 218 g/mol. The van der Waals surface area contributed by atoms with Crippen molar-refractivity contribution in [3.63, 3.8) is 0 Å². The molecule has 0 aliphatic carbocycles. The number of fused-ring (bicyclic) bond motifs is 1. The number of carbonyl (C=O) groups excluding carboxylic acids is 1. The number of carbonyl (C=O) groups is 2. The van der Waals surface area contributed by atoms with Gasteiger partial charge in [0.2, 0.25) is 0 Å². The molecule has 0 spiro atoms. The minimum Gasteiger partial charge on any atom is -0.481 e. The fourth-order valence-electron chi connectivity index (χ4n) is 1.96. The minimum atomic E-state index is -0.847. The summed E-state index contributed by atoms with van der Waals surface area (Å²) < 4.78 is 0. The van der Waals surface area contributed by atoms with Gasteiger partial charge in [0.25, 0.3) is 5.91 Å². The largest absolute Gasteiger partial charge is 0.481 e. The first-order valence-electron chi connectivity index (χ1n) is 5.43. The Kier molecular flexibility index (Phi) is 2.95. The minimum absolute atomic E-state index is 0.0629. The molecule has 1 heterocycles. The van der Waals surface area contributed by atoms with Gasteiger partial charge in [-0.05, 0) is 12.5 Å². The number of amides is 1. The van der Waals surface area contributed by atoms with Crippen molar-refractivity contribution in [1.82, 2.24) is 4.90 Å². The molecule has 17 heavy (non-hydrogen) atoms. The van der Waals surface area contributed by atoms with Crippen LogP contribution in [0.3, 0.4) is 0 Å². The molecule has 0 atom stereocenters. The van der Waals surface area contributed by atoms with Crippen LogP contribution in [0, 0.1) is 0 Å². The topological polar surface area (TPSA) is 57.6 Å². The number of rotatable bonds is 4. The highest BCUT2D eigenvalue weighted by molar-refractivity contribution is 6.08. The first-order valence-corrected chi connectivity index (χ1v) is 5.43. The second kappa shape index (κ2) is 4.41. The summed E-state index contributed by atoms with van der Waals surface area (Å²) in [7, 11) is 0. The number of hydrogen-bond donors (Lipinski definition) is 1. The highest BCUT2D eigenvalue weighted by atomic mass is 16.4. The molecule has 0 fully saturated rings. The zero-order valence-electron chi connectivity index (χ0n) is 9.35. The van der Waals surface area contributed by atoms with Crippen molar-refractivity contribution in [2.45, 2.75) is 12.8 Å². The van der Waals surface area contributed by atoms with E-state index >= 15 is 0 Å². The van der Waals surface area contributed by atoms with Gasteiger partial charge in [-0.3, -0.25) is 9.59 Å². The summed E-state index contributed by atoms with van der Waals surface area (Å²) in [5.41, 5.74) is 2.15. The van der Waals surface area contributed by atoms with E-state index in [-0.39, 0.29) is 12.3 Å². The van der Waals surface area contributed by atoms with E-state index < -0.39 is 5.97 Å². The maximum atomic E-state index is 12.0. The fraction of sp³-hybridized carbons (Fsp3) is 0.231. The quantitative estimate of drug-likeness (QED) is 0.862. The van der Waals surface area contributed by atoms with Crippen LogP contribution in [0.15, 0.2) is 30.8 Å². The Labute approximate surface area is 99.2 Å². The Balaban J connectivity index is 2.11. The van der Waals surface area contributed by atoms with Gasteiger partial charge >= 0.3 is 5.97 Å². The van der Waals surface area contributed by atoms with Crippen LogP contribution < -0.4 is 0 Å². The van der Waals surface area contributed by atoms with Crippen LogP contribution in [0.5, 0.6) is 0 Å². The summed E-state index contributed by atoms with van der Waals surface area (Å²) in [4.78, 5) is 24.0. The van der Waals surface area contributed by atoms with Crippen LogP contribution in [-0.2, 0) is 4.79 Å². The van der Waals surface area contributed by atoms with E-state index in [1.807, 2.05) is 18.2 Å². The molecule has 4 nitrogen and oxygen atoms in total. The van der Waals surface area contributed by atoms with Crippen molar-refractivity contribution in [3.05, 3.63) is 42.0 Å². The first kappa shape index (κ1) is 11.4. The van der Waals surface area contributed by atoms with E-state index in [2.05, 4.69) is 6.58 Å². The third-order valence-corrected chi connectivity index (χ3v) is 2.81. The average Bonchev–Trinajstić information content (AvgIpc) is 2.54. The second-order valence-electron chi connectivity index (χ2n) is 3.95. The molecule has 88 valence electrons. The molecule has 0 saturated heterocycles. The highest BCUT2D eigenvalue weighted by Gasteiger charge is 2.29. The van der Waals surface area contributed by atoms with Gasteiger partial charge in [-0.25, -0.2) is 0 Å². The number of benzene rings is 1. The van der Waals surface area contributed by atoms with Gasteiger partial charge in [0, 0.05) is 29.8 Å². The molecular formula is C13H13NO3. The van der Waals surface area contributed by atoms with Crippen LogP contribution >= 0.6 is 0 Å². The first-order chi connectivity index (χ1) is 8.11. The molecule has 1 aliphatic rings. The normalized spacial score (nSPS) is 14.0. The molecule has 0 aromatic heterocycles. The number of nitrogens with zero attached hydrogens (tertiary/aromatic N) is 1. The summed E-state index contributed by atoms with van der Waals surface area (Å²) in [6.45, 7) is 4.28. The maximum absolute atomic E-state index is 12.0. The van der Waals surface area contributed by atoms with Crippen molar-refractivity contribution in [1.29, 1.82) is 0 Å². The predicted molar refractivity (Wildman–Crippen MR) is 63.4 cm³/mol. The molecule has 1 amide bonds. The van der Waals surface area contributed by atoms with E-state index in [4.69, 9.17) is 5.11 Å². The molecule has 1 aromatic rings. The van der Waals surface area contributed by atoms with Crippen molar-refractivity contribution in [3.8, 4) is 0 Å². The molecule has 1 aliphatic heterocycles. The Morgan fingerprint density at radius 3 is 2.53 bits per heavy atom. The summed E-state index contributed by atoms with van der Waals surface area (Å²) in [6.07, 6.45) is 0.501. The third kappa shape index (κ3) is 2.06. The maximum Gasteiger partial charge on any atom is 0.303 e. The standard InChI is InChI=1S/C13H13NO3/c1-9-10-5-2-3-6-11(10)13(17)14(9)8-4-7-12(15)16/h2-3,5-6H,1,4,7-8H2,(H,15,16). The molecule has 2 rings (SSSR count). The van der Waals surface area contributed by atoms with Crippen LogP contribution in [-0.4, -0.2) is 28.4 Å². The number of hydrogen-bond acceptors (Lipinski definition) is 2. The van der Waals surface area contributed by atoms with Crippen LogP contribution in [0.25, 0.3) is 5.70 Å². The van der Waals surface area contributed by atoms with E-state index in [0.717, 1.165) is 5.56 Å². The van der Waals surface area contributed by atoms with Gasteiger partial charge in [-0.1, -0.05) is 24.8 Å². The van der Waals surface area contributed by atoms with Crippen LogP contribution in [0.1, 0.15) is 28.8 Å². The number of aliphatic carboxylic acids is 1. The Hall–Kier alpha value is -2.10. The van der Waals surface area contributed by atoms with Crippen LogP contribution in [0.2, 0.25) is 0 Å². The number of carboxylic acid groups (broad SMARTS) is 1. The molecule has 0 bridgehead atoms. The average molecular weight is 231 g/mol. The van der Waals surface area contributed by atoms with Crippen molar-refractivity contribution in [2.75, 3.05) is 6.54 Å². The lowest BCUT2D eigenvalue weighted by atomic mass is 10.1. The lowest BCUT2D eigenvalue weighted by Crippen LogP contribution is -2.24. The Morgan fingerprint density at radius 1 is 1.29 bits per heavy atom. The molecule has 0 radical (unpaired) electrons. The summed E-state index contributed by atoms with van der Waals surface area (Å²) in [6, 6.07) is 7.29. The molecule has 0 unspecified atom stereocenters. The lowest BCUT2D eigenvalue weighted by Gasteiger charge is -2.16. The van der Waals surface area contributed by atoms with Gasteiger partial charge in [0.1, 0.15) is 0 Å². The van der Waals surface area contributed by atoms with Crippen molar-refractivity contribution in [2.24, 2.45) is 0 Å². The van der Waals surface area contributed by atoms with E-state index in [1.54, 1.807) is 11.0 Å². The van der Waals surface area contributed by atoms with E-state index in [0.29, 0.717) is 24.2 Å². The predicted octanol–water partition coefficient (Wildman–Crippen LogP) is 1.98. The van der Waals surface area contributed by atoms with E-state index in [1.165, 1.54) is 0 Å². The van der Waals surface area contributed by atoms with Crippen molar-refractivity contribution < 1.29 is 14.7 Å². The highest BCUT2D eigenvalue weighted by Crippen LogP contribution is 2.31. The van der Waals surface area contributed by atoms with Gasteiger partial charge in [-0.2, -0.15) is 0 Å². The Bertz CT molecular complexity index is 458. The summed E-state index contributed by atoms with van der Waals surface area (Å²) in [5.74, 6) is -0.934. The zero-order chi connectivity index (χ0) is 12.4. The zero-order valence-corrected chi connectivity index (χ0v) is 9.35. The number of carboxylic acids is 1. The van der Waals surface area contributed by atoms with Crippen molar-refractivity contribution >= 4 is 17.6 Å². The van der Waals surface area contributed by atoms with Gasteiger partial charge in [-0.15, -0.1) is 0 Å². The lowest BCUT2D eigenvalue weighted by molar-refractivity contribution is -0.137. The molecule has 4 heteroatoms. The molecule has 1 N–H and O–H groups in total. The van der Waals surface area contributed by atoms with E-state index in [9.17, 15) is 9.59 Å². The van der Waals surface area contributed by atoms with Crippen LogP contribution in [0.4, 0.5) is 0 Å². The fourth-order valence-corrected chi connectivity index (χ4v) is 1.96.